The van der Waals surface area contributed by atoms with Crippen LogP contribution in [0.4, 0.5) is 18.9 Å². The molecule has 0 spiro atoms. The van der Waals surface area contributed by atoms with Gasteiger partial charge in [0.05, 0.1) is 4.90 Å². The second-order valence-corrected chi connectivity index (χ2v) is 6.74. The standard InChI is InChI=1S/C12H17F3N2O2S/c1-7-5-8(2)11(9(3)10(7)16)20(18,19)17(4)6-12(13,14)15/h5H,6,16H2,1-4H3. The molecule has 2 N–H and O–H groups in total. The van der Waals surface area contributed by atoms with Crippen molar-refractivity contribution in [2.45, 2.75) is 31.8 Å². The molecule has 0 unspecified atom stereocenters. The molecule has 1 aromatic carbocycles. The van der Waals surface area contributed by atoms with Gasteiger partial charge in [0.1, 0.15) is 6.54 Å². The molecule has 1 aromatic rings. The van der Waals surface area contributed by atoms with Crippen LogP contribution in [0.15, 0.2) is 11.0 Å². The summed E-state index contributed by atoms with van der Waals surface area (Å²) in [7, 11) is -3.34. The Morgan fingerprint density at radius 2 is 1.70 bits per heavy atom. The molecule has 0 aliphatic rings. The Morgan fingerprint density at radius 3 is 2.15 bits per heavy atom. The van der Waals surface area contributed by atoms with Crippen molar-refractivity contribution >= 4 is 15.7 Å². The summed E-state index contributed by atoms with van der Waals surface area (Å²) in [6.45, 7) is 3.20. The molecule has 0 saturated carbocycles. The van der Waals surface area contributed by atoms with E-state index in [2.05, 4.69) is 0 Å². The quantitative estimate of drug-likeness (QED) is 0.872. The molecule has 0 amide bonds. The molecule has 0 saturated heterocycles. The number of halogens is 3. The van der Waals surface area contributed by atoms with Crippen LogP contribution in [0.2, 0.25) is 0 Å². The third kappa shape index (κ3) is 3.24. The van der Waals surface area contributed by atoms with Gasteiger partial charge in [-0.05, 0) is 37.5 Å². The number of nitrogens with zero attached hydrogens (tertiary/aromatic N) is 1. The van der Waals surface area contributed by atoms with Gasteiger partial charge < -0.3 is 5.73 Å². The maximum atomic E-state index is 12.4. The van der Waals surface area contributed by atoms with Crippen molar-refractivity contribution < 1.29 is 21.6 Å². The van der Waals surface area contributed by atoms with Gasteiger partial charge in [-0.2, -0.15) is 17.5 Å². The van der Waals surface area contributed by atoms with E-state index in [1.54, 1.807) is 13.0 Å². The topological polar surface area (TPSA) is 63.4 Å². The number of sulfonamides is 1. The second kappa shape index (κ2) is 5.25. The molecular formula is C12H17F3N2O2S. The van der Waals surface area contributed by atoms with Crippen molar-refractivity contribution in [2.24, 2.45) is 0 Å². The van der Waals surface area contributed by atoms with Gasteiger partial charge in [0.25, 0.3) is 0 Å². The summed E-state index contributed by atoms with van der Waals surface area (Å²) < 4.78 is 62.0. The summed E-state index contributed by atoms with van der Waals surface area (Å²) >= 11 is 0. The number of anilines is 1. The van der Waals surface area contributed by atoms with E-state index in [1.165, 1.54) is 13.8 Å². The van der Waals surface area contributed by atoms with Crippen LogP contribution >= 0.6 is 0 Å². The number of alkyl halides is 3. The molecule has 0 aliphatic carbocycles. The average molecular weight is 310 g/mol. The fourth-order valence-electron chi connectivity index (χ4n) is 2.07. The highest BCUT2D eigenvalue weighted by molar-refractivity contribution is 7.89. The van der Waals surface area contributed by atoms with Crippen LogP contribution in [0.1, 0.15) is 16.7 Å². The molecule has 4 nitrogen and oxygen atoms in total. The van der Waals surface area contributed by atoms with Crippen LogP contribution in [0.5, 0.6) is 0 Å². The molecule has 0 aromatic heterocycles. The molecule has 1 rings (SSSR count). The van der Waals surface area contributed by atoms with Crippen LogP contribution in [-0.2, 0) is 10.0 Å². The fourth-order valence-corrected chi connectivity index (χ4v) is 3.66. The van der Waals surface area contributed by atoms with Crippen LogP contribution < -0.4 is 5.73 Å². The summed E-state index contributed by atoms with van der Waals surface area (Å²) in [5.74, 6) is 0. The Balaban J connectivity index is 3.41. The van der Waals surface area contributed by atoms with E-state index < -0.39 is 22.7 Å². The second-order valence-electron chi connectivity index (χ2n) is 4.75. The van der Waals surface area contributed by atoms with Crippen LogP contribution in [0.25, 0.3) is 0 Å². The molecule has 0 heterocycles. The van der Waals surface area contributed by atoms with Crippen LogP contribution in [0.3, 0.4) is 0 Å². The lowest BCUT2D eigenvalue weighted by Crippen LogP contribution is -2.36. The summed E-state index contributed by atoms with van der Waals surface area (Å²) in [5.41, 5.74) is 7.39. The first-order chi connectivity index (χ1) is 8.88. The predicted octanol–water partition coefficient (Wildman–Crippen LogP) is 2.38. The van der Waals surface area contributed by atoms with E-state index in [-0.39, 0.29) is 20.5 Å². The lowest BCUT2D eigenvalue weighted by Gasteiger charge is -2.22. The van der Waals surface area contributed by atoms with Crippen LogP contribution in [0, 0.1) is 20.8 Å². The van der Waals surface area contributed by atoms with Crippen molar-refractivity contribution in [2.75, 3.05) is 19.3 Å². The van der Waals surface area contributed by atoms with Gasteiger partial charge in [-0.25, -0.2) is 8.42 Å². The smallest absolute Gasteiger partial charge is 0.398 e. The lowest BCUT2D eigenvalue weighted by molar-refractivity contribution is -0.134. The Hall–Kier alpha value is -1.28. The average Bonchev–Trinajstić information content (AvgIpc) is 2.23. The molecule has 20 heavy (non-hydrogen) atoms. The van der Waals surface area contributed by atoms with Crippen molar-refractivity contribution in [3.8, 4) is 0 Å². The highest BCUT2D eigenvalue weighted by Crippen LogP contribution is 2.30. The minimum absolute atomic E-state index is 0.160. The third-order valence-corrected chi connectivity index (χ3v) is 5.12. The van der Waals surface area contributed by atoms with Crippen molar-refractivity contribution in [3.05, 3.63) is 22.8 Å². The van der Waals surface area contributed by atoms with Gasteiger partial charge in [-0.15, -0.1) is 0 Å². The minimum atomic E-state index is -4.60. The minimum Gasteiger partial charge on any atom is -0.398 e. The number of hydrogen-bond acceptors (Lipinski definition) is 3. The van der Waals surface area contributed by atoms with Crippen molar-refractivity contribution in [1.29, 1.82) is 0 Å². The monoisotopic (exact) mass is 310 g/mol. The van der Waals surface area contributed by atoms with E-state index in [0.717, 1.165) is 7.05 Å². The van der Waals surface area contributed by atoms with Gasteiger partial charge in [-0.1, -0.05) is 6.07 Å². The zero-order valence-electron chi connectivity index (χ0n) is 11.7. The molecule has 0 aliphatic heterocycles. The maximum absolute atomic E-state index is 12.4. The zero-order chi connectivity index (χ0) is 15.9. The first-order valence-electron chi connectivity index (χ1n) is 5.77. The first kappa shape index (κ1) is 16.8. The highest BCUT2D eigenvalue weighted by Gasteiger charge is 2.36. The number of hydrogen-bond donors (Lipinski definition) is 1. The summed E-state index contributed by atoms with van der Waals surface area (Å²) in [5, 5.41) is 0. The largest absolute Gasteiger partial charge is 0.402 e. The zero-order valence-corrected chi connectivity index (χ0v) is 12.5. The number of nitrogens with two attached hydrogens (primary N) is 1. The summed E-state index contributed by atoms with van der Waals surface area (Å²) in [6.07, 6.45) is -4.60. The SMILES string of the molecule is Cc1cc(C)c(S(=O)(=O)N(C)CC(F)(F)F)c(C)c1N. The molecule has 114 valence electrons. The Bertz CT molecular complexity index is 625. The Morgan fingerprint density at radius 1 is 1.20 bits per heavy atom. The van der Waals surface area contributed by atoms with Gasteiger partial charge in [-0.3, -0.25) is 0 Å². The molecule has 0 atom stereocenters. The van der Waals surface area contributed by atoms with E-state index in [0.29, 0.717) is 11.1 Å². The Labute approximate surface area is 116 Å². The van der Waals surface area contributed by atoms with Crippen LogP contribution in [-0.4, -0.2) is 32.5 Å². The van der Waals surface area contributed by atoms with Gasteiger partial charge >= 0.3 is 6.18 Å². The molecular weight excluding hydrogens is 293 g/mol. The highest BCUT2D eigenvalue weighted by atomic mass is 32.2. The van der Waals surface area contributed by atoms with Crippen molar-refractivity contribution in [3.63, 3.8) is 0 Å². The normalized spacial score (nSPS) is 13.0. The predicted molar refractivity (Wildman–Crippen MR) is 70.9 cm³/mol. The number of rotatable bonds is 3. The molecule has 8 heteroatoms. The molecule has 0 fully saturated rings. The number of benzene rings is 1. The third-order valence-electron chi connectivity index (χ3n) is 3.03. The van der Waals surface area contributed by atoms with E-state index >= 15 is 0 Å². The van der Waals surface area contributed by atoms with E-state index in [9.17, 15) is 21.6 Å². The van der Waals surface area contributed by atoms with Gasteiger partial charge in [0.2, 0.25) is 10.0 Å². The van der Waals surface area contributed by atoms with E-state index in [4.69, 9.17) is 5.73 Å². The summed E-state index contributed by atoms with van der Waals surface area (Å²) in [6, 6.07) is 1.55. The fraction of sp³-hybridized carbons (Fsp3) is 0.500. The Kier molecular flexibility index (Phi) is 4.40. The number of aryl methyl sites for hydroxylation is 2. The van der Waals surface area contributed by atoms with E-state index in [1.807, 2.05) is 0 Å². The molecule has 0 radical (unpaired) electrons. The molecule has 0 bridgehead atoms. The maximum Gasteiger partial charge on any atom is 0.402 e. The number of nitrogen functional groups attached to an aromatic ring is 1. The first-order valence-corrected chi connectivity index (χ1v) is 7.21. The summed E-state index contributed by atoms with van der Waals surface area (Å²) in [4.78, 5) is -0.160. The lowest BCUT2D eigenvalue weighted by atomic mass is 10.1. The van der Waals surface area contributed by atoms with Gasteiger partial charge in [0.15, 0.2) is 0 Å². The van der Waals surface area contributed by atoms with Crippen molar-refractivity contribution in [1.82, 2.24) is 4.31 Å². The van der Waals surface area contributed by atoms with Gasteiger partial charge in [0, 0.05) is 12.7 Å².